The third-order valence-corrected chi connectivity index (χ3v) is 2.20. The summed E-state index contributed by atoms with van der Waals surface area (Å²) in [6.45, 7) is 0. The van der Waals surface area contributed by atoms with E-state index in [1.54, 1.807) is 0 Å². The second kappa shape index (κ2) is 5.03. The molecule has 6 heteroatoms. The van der Waals surface area contributed by atoms with E-state index in [2.05, 4.69) is 15.2 Å². The van der Waals surface area contributed by atoms with Crippen LogP contribution in [0.5, 0.6) is 0 Å². The van der Waals surface area contributed by atoms with Crippen LogP contribution in [0.4, 0.5) is 4.39 Å². The van der Waals surface area contributed by atoms with Crippen LogP contribution in [0.2, 0.25) is 0 Å². The minimum Gasteiger partial charge on any atom is -0.419 e. The molecule has 0 radical (unpaired) electrons. The lowest BCUT2D eigenvalue weighted by atomic mass is 10.3. The van der Waals surface area contributed by atoms with Gasteiger partial charge in [-0.1, -0.05) is 0 Å². The van der Waals surface area contributed by atoms with Crippen molar-refractivity contribution in [2.24, 2.45) is 0 Å². The van der Waals surface area contributed by atoms with Crippen molar-refractivity contribution < 1.29 is 8.81 Å². The fourth-order valence-electron chi connectivity index (χ4n) is 1.18. The topological polar surface area (TPSA) is 51.8 Å². The molecule has 2 rings (SSSR count). The molecular formula is C10H9ClFN3O. The van der Waals surface area contributed by atoms with Crippen LogP contribution in [0.25, 0.3) is 11.6 Å². The third-order valence-electron chi connectivity index (χ3n) is 1.94. The number of halogens is 2. The molecule has 2 aromatic heterocycles. The molecule has 0 bridgehead atoms. The van der Waals surface area contributed by atoms with Crippen LogP contribution in [0, 0.1) is 5.82 Å². The number of nitrogens with zero attached hydrogens (tertiary/aromatic N) is 3. The van der Waals surface area contributed by atoms with Crippen molar-refractivity contribution in [3.63, 3.8) is 0 Å². The number of pyridine rings is 1. The summed E-state index contributed by atoms with van der Waals surface area (Å²) in [6.07, 6.45) is 2.52. The second-order valence-electron chi connectivity index (χ2n) is 3.16. The number of aryl methyl sites for hydroxylation is 1. The first-order valence-electron chi connectivity index (χ1n) is 4.80. The quantitative estimate of drug-likeness (QED) is 0.772. The van der Waals surface area contributed by atoms with Crippen molar-refractivity contribution in [1.29, 1.82) is 0 Å². The van der Waals surface area contributed by atoms with Gasteiger partial charge in [0.05, 0.1) is 6.20 Å². The van der Waals surface area contributed by atoms with Gasteiger partial charge in [0.15, 0.2) is 0 Å². The van der Waals surface area contributed by atoms with E-state index in [0.29, 0.717) is 29.8 Å². The first-order chi connectivity index (χ1) is 7.79. The average molecular weight is 242 g/mol. The minimum absolute atomic E-state index is 0.296. The van der Waals surface area contributed by atoms with E-state index in [9.17, 15) is 4.39 Å². The number of aromatic nitrogens is 3. The van der Waals surface area contributed by atoms with Gasteiger partial charge in [0.25, 0.3) is 5.89 Å². The molecule has 0 aliphatic rings. The molecule has 0 aromatic carbocycles. The maximum atomic E-state index is 12.6. The second-order valence-corrected chi connectivity index (χ2v) is 3.53. The molecule has 0 fully saturated rings. The molecule has 0 unspecified atom stereocenters. The highest BCUT2D eigenvalue weighted by Gasteiger charge is 2.09. The summed E-state index contributed by atoms with van der Waals surface area (Å²) in [4.78, 5) is 3.84. The summed E-state index contributed by atoms with van der Waals surface area (Å²) in [5, 5.41) is 7.67. The van der Waals surface area contributed by atoms with Gasteiger partial charge in [-0.05, 0) is 18.6 Å². The molecule has 84 valence electrons. The highest BCUT2D eigenvalue weighted by molar-refractivity contribution is 6.17. The van der Waals surface area contributed by atoms with Crippen molar-refractivity contribution >= 4 is 11.6 Å². The zero-order valence-corrected chi connectivity index (χ0v) is 9.12. The van der Waals surface area contributed by atoms with E-state index in [0.717, 1.165) is 12.6 Å². The Labute approximate surface area is 96.5 Å². The summed E-state index contributed by atoms with van der Waals surface area (Å²) in [6, 6.07) is 2.79. The summed E-state index contributed by atoms with van der Waals surface area (Å²) >= 11 is 5.55. The van der Waals surface area contributed by atoms with Crippen molar-refractivity contribution in [3.05, 3.63) is 30.0 Å². The largest absolute Gasteiger partial charge is 0.419 e. The lowest BCUT2D eigenvalue weighted by molar-refractivity contribution is 0.501. The van der Waals surface area contributed by atoms with Gasteiger partial charge in [-0.3, -0.25) is 0 Å². The highest BCUT2D eigenvalue weighted by Crippen LogP contribution is 2.15. The van der Waals surface area contributed by atoms with Gasteiger partial charge in [-0.2, -0.15) is 0 Å². The van der Waals surface area contributed by atoms with Gasteiger partial charge in [-0.25, -0.2) is 9.37 Å². The summed E-state index contributed by atoms with van der Waals surface area (Å²) in [5.74, 6) is 0.962. The molecule has 16 heavy (non-hydrogen) atoms. The van der Waals surface area contributed by atoms with Crippen molar-refractivity contribution in [2.75, 3.05) is 5.88 Å². The minimum atomic E-state index is -0.398. The van der Waals surface area contributed by atoms with Crippen LogP contribution < -0.4 is 0 Å². The first kappa shape index (κ1) is 11.0. The molecule has 0 amide bonds. The SMILES string of the molecule is Fc1ccc(-c2nnc(CCCCl)o2)nc1. The molecular weight excluding hydrogens is 233 g/mol. The van der Waals surface area contributed by atoms with Crippen LogP contribution in [-0.4, -0.2) is 21.1 Å². The number of rotatable bonds is 4. The predicted molar refractivity (Wildman–Crippen MR) is 56.5 cm³/mol. The summed E-state index contributed by atoms with van der Waals surface area (Å²) in [7, 11) is 0. The average Bonchev–Trinajstić information content (AvgIpc) is 2.76. The Hall–Kier alpha value is -1.49. The van der Waals surface area contributed by atoms with Crippen molar-refractivity contribution in [3.8, 4) is 11.6 Å². The smallest absolute Gasteiger partial charge is 0.266 e. The van der Waals surface area contributed by atoms with Crippen LogP contribution in [0.1, 0.15) is 12.3 Å². The predicted octanol–water partition coefficient (Wildman–Crippen LogP) is 2.44. The van der Waals surface area contributed by atoms with Gasteiger partial charge in [-0.15, -0.1) is 21.8 Å². The molecule has 2 aromatic rings. The van der Waals surface area contributed by atoms with Crippen LogP contribution in [0.3, 0.4) is 0 Å². The number of alkyl halides is 1. The van der Waals surface area contributed by atoms with E-state index >= 15 is 0 Å². The zero-order valence-electron chi connectivity index (χ0n) is 8.36. The van der Waals surface area contributed by atoms with Gasteiger partial charge in [0.2, 0.25) is 5.89 Å². The Morgan fingerprint density at radius 3 is 2.88 bits per heavy atom. The Morgan fingerprint density at radius 2 is 2.19 bits per heavy atom. The Kier molecular flexibility index (Phi) is 3.46. The maximum absolute atomic E-state index is 12.6. The van der Waals surface area contributed by atoms with Crippen LogP contribution in [-0.2, 0) is 6.42 Å². The Balaban J connectivity index is 2.15. The highest BCUT2D eigenvalue weighted by atomic mass is 35.5. The van der Waals surface area contributed by atoms with Gasteiger partial charge >= 0.3 is 0 Å². The fourth-order valence-corrected chi connectivity index (χ4v) is 1.31. The molecule has 0 spiro atoms. The van der Waals surface area contributed by atoms with Gasteiger partial charge < -0.3 is 4.42 Å². The Bertz CT molecular complexity index is 457. The maximum Gasteiger partial charge on any atom is 0.266 e. The lowest BCUT2D eigenvalue weighted by Crippen LogP contribution is -1.85. The van der Waals surface area contributed by atoms with Crippen LogP contribution >= 0.6 is 11.6 Å². The van der Waals surface area contributed by atoms with E-state index in [1.165, 1.54) is 12.1 Å². The molecule has 0 saturated heterocycles. The number of hydrogen-bond acceptors (Lipinski definition) is 4. The van der Waals surface area contributed by atoms with Gasteiger partial charge in [0.1, 0.15) is 11.5 Å². The van der Waals surface area contributed by atoms with Crippen LogP contribution in [0.15, 0.2) is 22.7 Å². The standard InChI is InChI=1S/C10H9ClFN3O/c11-5-1-2-9-14-15-10(16-9)8-4-3-7(12)6-13-8/h3-4,6H,1-2,5H2. The molecule has 0 atom stereocenters. The van der Waals surface area contributed by atoms with Crippen molar-refractivity contribution in [1.82, 2.24) is 15.2 Å². The molecule has 2 heterocycles. The molecule has 0 N–H and O–H groups in total. The van der Waals surface area contributed by atoms with Gasteiger partial charge in [0, 0.05) is 12.3 Å². The number of hydrogen-bond donors (Lipinski definition) is 0. The van der Waals surface area contributed by atoms with E-state index in [1.807, 2.05) is 0 Å². The normalized spacial score (nSPS) is 10.6. The van der Waals surface area contributed by atoms with E-state index in [4.69, 9.17) is 16.0 Å². The summed E-state index contributed by atoms with van der Waals surface area (Å²) in [5.41, 5.74) is 0.464. The summed E-state index contributed by atoms with van der Waals surface area (Å²) < 4.78 is 18.0. The molecule has 0 saturated carbocycles. The molecule has 0 aliphatic heterocycles. The zero-order chi connectivity index (χ0) is 11.4. The first-order valence-corrected chi connectivity index (χ1v) is 5.33. The lowest BCUT2D eigenvalue weighted by Gasteiger charge is -1.92. The molecule has 0 aliphatic carbocycles. The Morgan fingerprint density at radius 1 is 1.31 bits per heavy atom. The fraction of sp³-hybridized carbons (Fsp3) is 0.300. The van der Waals surface area contributed by atoms with E-state index in [-0.39, 0.29) is 0 Å². The van der Waals surface area contributed by atoms with E-state index < -0.39 is 5.82 Å². The van der Waals surface area contributed by atoms with Crippen molar-refractivity contribution in [2.45, 2.75) is 12.8 Å². The third kappa shape index (κ3) is 2.55. The molecule has 4 nitrogen and oxygen atoms in total. The monoisotopic (exact) mass is 241 g/mol.